The summed E-state index contributed by atoms with van der Waals surface area (Å²) >= 11 is 0. The third-order valence-electron chi connectivity index (χ3n) is 3.58. The second-order valence-corrected chi connectivity index (χ2v) is 5.21. The molecule has 2 atom stereocenters. The topological polar surface area (TPSA) is 65.9 Å². The fourth-order valence-electron chi connectivity index (χ4n) is 2.25. The van der Waals surface area contributed by atoms with Crippen molar-refractivity contribution in [2.75, 3.05) is 11.9 Å². The number of nitrogens with zero attached hydrogens (tertiary/aromatic N) is 1. The van der Waals surface area contributed by atoms with E-state index in [1.807, 2.05) is 49.4 Å². The maximum atomic E-state index is 9.84. The van der Waals surface area contributed by atoms with Gasteiger partial charge < -0.3 is 20.6 Å². The molecule has 0 radical (unpaired) electrons. The lowest BCUT2D eigenvalue weighted by Crippen LogP contribution is -2.47. The Hall–Kier alpha value is -2.53. The summed E-state index contributed by atoms with van der Waals surface area (Å²) < 4.78 is 5.48. The fraction of sp³-hybridized carbons (Fsp3) is 0.235. The molecule has 1 aliphatic heterocycles. The third kappa shape index (κ3) is 3.20. The van der Waals surface area contributed by atoms with E-state index < -0.39 is 0 Å². The Morgan fingerprint density at radius 1 is 1.14 bits per heavy atom. The van der Waals surface area contributed by atoms with E-state index in [1.165, 1.54) is 0 Å². The number of benzene rings is 2. The molecule has 5 heteroatoms. The highest BCUT2D eigenvalue weighted by molar-refractivity contribution is 5.95. The summed E-state index contributed by atoms with van der Waals surface area (Å²) in [5.41, 5.74) is 5.79. The molecule has 1 saturated heterocycles. The lowest BCUT2D eigenvalue weighted by molar-refractivity contribution is 0.0914. The van der Waals surface area contributed by atoms with Crippen LogP contribution < -0.4 is 10.7 Å². The average molecular weight is 297 g/mol. The number of phenols is 1. The number of hydrogen-bond donors (Lipinski definition) is 3. The molecule has 0 amide bonds. The van der Waals surface area contributed by atoms with Crippen LogP contribution in [0.5, 0.6) is 5.75 Å². The van der Waals surface area contributed by atoms with Gasteiger partial charge in [-0.3, -0.25) is 0 Å². The number of nitrogens with one attached hydrogen (secondary N) is 2. The van der Waals surface area contributed by atoms with E-state index in [0.717, 1.165) is 17.0 Å². The van der Waals surface area contributed by atoms with E-state index in [-0.39, 0.29) is 18.0 Å². The largest absolute Gasteiger partial charge is 0.508 e. The Morgan fingerprint density at radius 2 is 1.86 bits per heavy atom. The third-order valence-corrected chi connectivity index (χ3v) is 3.58. The van der Waals surface area contributed by atoms with Crippen LogP contribution in [0.1, 0.15) is 18.5 Å². The summed E-state index contributed by atoms with van der Waals surface area (Å²) in [6.45, 7) is 2.46. The van der Waals surface area contributed by atoms with Gasteiger partial charge in [-0.05, 0) is 25.1 Å². The van der Waals surface area contributed by atoms with Crippen LogP contribution in [0.3, 0.4) is 0 Å². The molecule has 1 aliphatic rings. The van der Waals surface area contributed by atoms with E-state index in [0.29, 0.717) is 6.61 Å². The molecule has 5 nitrogen and oxygen atoms in total. The molecular weight excluding hydrogens is 278 g/mol. The minimum atomic E-state index is -0.202. The molecule has 1 heterocycles. The van der Waals surface area contributed by atoms with Crippen LogP contribution in [0.2, 0.25) is 0 Å². The van der Waals surface area contributed by atoms with Gasteiger partial charge in [0.1, 0.15) is 11.5 Å². The van der Waals surface area contributed by atoms with Gasteiger partial charge in [0.05, 0.1) is 12.6 Å². The highest BCUT2D eigenvalue weighted by Crippen LogP contribution is 2.23. The van der Waals surface area contributed by atoms with Crippen molar-refractivity contribution in [3.8, 4) is 5.75 Å². The van der Waals surface area contributed by atoms with Gasteiger partial charge in [-0.15, -0.1) is 0 Å². The van der Waals surface area contributed by atoms with Crippen molar-refractivity contribution in [2.45, 2.75) is 19.2 Å². The van der Waals surface area contributed by atoms with Crippen LogP contribution in [0, 0.1) is 0 Å². The summed E-state index contributed by atoms with van der Waals surface area (Å²) in [7, 11) is 0. The lowest BCUT2D eigenvalue weighted by atomic mass is 10.1. The van der Waals surface area contributed by atoms with E-state index in [2.05, 4.69) is 15.8 Å². The Kier molecular flexibility index (Phi) is 4.25. The molecule has 0 aromatic heterocycles. The molecule has 22 heavy (non-hydrogen) atoms. The van der Waals surface area contributed by atoms with Gasteiger partial charge in [-0.2, -0.15) is 5.10 Å². The standard InChI is InChI=1S/C17H19N3O2/c1-12(14-9-5-6-10-16(14)21)19-20-15-11-22-17(15)18-13-7-3-2-4-8-13/h2-10,12,17-19,21H,11H2,1H3. The van der Waals surface area contributed by atoms with E-state index >= 15 is 0 Å². The zero-order valence-corrected chi connectivity index (χ0v) is 12.4. The number of ether oxygens (including phenoxy) is 1. The van der Waals surface area contributed by atoms with Crippen molar-refractivity contribution in [2.24, 2.45) is 5.10 Å². The molecule has 3 rings (SSSR count). The molecule has 0 bridgehead atoms. The molecular formula is C17H19N3O2. The minimum Gasteiger partial charge on any atom is -0.508 e. The minimum absolute atomic E-state index is 0.0772. The predicted octanol–water partition coefficient (Wildman–Crippen LogP) is 2.87. The Morgan fingerprint density at radius 3 is 2.55 bits per heavy atom. The van der Waals surface area contributed by atoms with Crippen molar-refractivity contribution in [3.05, 3.63) is 60.2 Å². The summed E-state index contributed by atoms with van der Waals surface area (Å²) in [5, 5.41) is 17.5. The zero-order chi connectivity index (χ0) is 15.4. The van der Waals surface area contributed by atoms with Gasteiger partial charge in [0, 0.05) is 11.3 Å². The summed E-state index contributed by atoms with van der Waals surface area (Å²) in [6.07, 6.45) is -0.202. The van der Waals surface area contributed by atoms with Gasteiger partial charge >= 0.3 is 0 Å². The molecule has 114 valence electrons. The van der Waals surface area contributed by atoms with Gasteiger partial charge in [-0.25, -0.2) is 0 Å². The van der Waals surface area contributed by atoms with E-state index in [4.69, 9.17) is 4.74 Å². The van der Waals surface area contributed by atoms with Crippen molar-refractivity contribution >= 4 is 11.4 Å². The zero-order valence-electron chi connectivity index (χ0n) is 12.4. The highest BCUT2D eigenvalue weighted by atomic mass is 16.5. The van der Waals surface area contributed by atoms with E-state index in [9.17, 15) is 5.11 Å². The second-order valence-electron chi connectivity index (χ2n) is 5.21. The first-order chi connectivity index (χ1) is 10.7. The van der Waals surface area contributed by atoms with Gasteiger partial charge in [0.15, 0.2) is 6.23 Å². The SMILES string of the molecule is CC(NN=C1COC1Nc1ccccc1)c1ccccc1O. The average Bonchev–Trinajstić information content (AvgIpc) is 2.53. The number of rotatable bonds is 5. The van der Waals surface area contributed by atoms with Crippen LogP contribution in [0.25, 0.3) is 0 Å². The number of anilines is 1. The highest BCUT2D eigenvalue weighted by Gasteiger charge is 2.27. The molecule has 0 saturated carbocycles. The van der Waals surface area contributed by atoms with Crippen LogP contribution in [-0.4, -0.2) is 23.7 Å². The predicted molar refractivity (Wildman–Crippen MR) is 86.9 cm³/mol. The number of phenolic OH excluding ortho intramolecular Hbond substituents is 1. The van der Waals surface area contributed by atoms with Crippen LogP contribution >= 0.6 is 0 Å². The maximum Gasteiger partial charge on any atom is 0.171 e. The maximum absolute atomic E-state index is 9.84. The van der Waals surface area contributed by atoms with Crippen LogP contribution in [0.15, 0.2) is 59.7 Å². The molecule has 1 fully saturated rings. The van der Waals surface area contributed by atoms with Crippen molar-refractivity contribution in [1.82, 2.24) is 5.43 Å². The fourth-order valence-corrected chi connectivity index (χ4v) is 2.25. The molecule has 0 aliphatic carbocycles. The van der Waals surface area contributed by atoms with Crippen molar-refractivity contribution < 1.29 is 9.84 Å². The first-order valence-electron chi connectivity index (χ1n) is 7.27. The molecule has 2 aromatic carbocycles. The van der Waals surface area contributed by atoms with Gasteiger partial charge in [-0.1, -0.05) is 36.4 Å². The Bertz CT molecular complexity index is 658. The number of hydrazone groups is 1. The van der Waals surface area contributed by atoms with Gasteiger partial charge in [0.2, 0.25) is 0 Å². The first-order valence-corrected chi connectivity index (χ1v) is 7.27. The number of hydrogen-bond acceptors (Lipinski definition) is 5. The molecule has 0 spiro atoms. The quantitative estimate of drug-likeness (QED) is 0.742. The van der Waals surface area contributed by atoms with Gasteiger partial charge in [0.25, 0.3) is 0 Å². The molecule has 2 unspecified atom stereocenters. The summed E-state index contributed by atoms with van der Waals surface area (Å²) in [5.74, 6) is 0.270. The summed E-state index contributed by atoms with van der Waals surface area (Å²) in [4.78, 5) is 0. The summed E-state index contributed by atoms with van der Waals surface area (Å²) in [6, 6.07) is 17.0. The lowest BCUT2D eigenvalue weighted by Gasteiger charge is -2.30. The number of aromatic hydroxyl groups is 1. The first kappa shape index (κ1) is 14.4. The molecule has 2 aromatic rings. The van der Waals surface area contributed by atoms with E-state index in [1.54, 1.807) is 12.1 Å². The van der Waals surface area contributed by atoms with Crippen molar-refractivity contribution in [1.29, 1.82) is 0 Å². The van der Waals surface area contributed by atoms with Crippen LogP contribution in [0.4, 0.5) is 5.69 Å². The van der Waals surface area contributed by atoms with Crippen molar-refractivity contribution in [3.63, 3.8) is 0 Å². The monoisotopic (exact) mass is 297 g/mol. The number of para-hydroxylation sites is 2. The Balaban J connectivity index is 1.60. The second kappa shape index (κ2) is 6.49. The normalized spacial score (nSPS) is 20.2. The smallest absolute Gasteiger partial charge is 0.171 e. The Labute approximate surface area is 129 Å². The molecule has 3 N–H and O–H groups in total. The van der Waals surface area contributed by atoms with Crippen LogP contribution in [-0.2, 0) is 4.74 Å².